The lowest BCUT2D eigenvalue weighted by Crippen LogP contribution is -2.75. The molecule has 5 heteroatoms. The van der Waals surface area contributed by atoms with E-state index in [-0.39, 0.29) is 17.9 Å². The van der Waals surface area contributed by atoms with Crippen LogP contribution < -0.4 is 15.1 Å². The van der Waals surface area contributed by atoms with Crippen molar-refractivity contribution in [2.75, 3.05) is 12.0 Å². The van der Waals surface area contributed by atoms with Gasteiger partial charge in [0.2, 0.25) is 0 Å². The van der Waals surface area contributed by atoms with Gasteiger partial charge in [0, 0.05) is 17.8 Å². The summed E-state index contributed by atoms with van der Waals surface area (Å²) in [5, 5.41) is 4.18. The van der Waals surface area contributed by atoms with Crippen LogP contribution in [0.4, 0.5) is 5.69 Å². The summed E-state index contributed by atoms with van der Waals surface area (Å²) in [6, 6.07) is 17.6. The first-order valence-corrected chi connectivity index (χ1v) is 8.01. The highest BCUT2D eigenvalue weighted by atomic mass is 16.5. The Morgan fingerprint density at radius 3 is 2.42 bits per heavy atom. The van der Waals surface area contributed by atoms with Gasteiger partial charge in [0.05, 0.1) is 13.2 Å². The molecule has 1 spiro atoms. The summed E-state index contributed by atoms with van der Waals surface area (Å²) >= 11 is 0. The van der Waals surface area contributed by atoms with Crippen LogP contribution in [0.5, 0.6) is 5.75 Å². The van der Waals surface area contributed by atoms with E-state index in [1.54, 1.807) is 7.11 Å². The summed E-state index contributed by atoms with van der Waals surface area (Å²) in [4.78, 5) is 14.9. The molecule has 24 heavy (non-hydrogen) atoms. The lowest BCUT2D eigenvalue weighted by Gasteiger charge is -2.55. The molecule has 2 aliphatic heterocycles. The molecule has 2 aromatic carbocycles. The van der Waals surface area contributed by atoms with Crippen molar-refractivity contribution < 1.29 is 9.53 Å². The van der Waals surface area contributed by atoms with Crippen molar-refractivity contribution >= 4 is 17.8 Å². The highest BCUT2D eigenvalue weighted by Crippen LogP contribution is 2.50. The number of hydrogen-bond acceptors (Lipinski definition) is 4. The van der Waals surface area contributed by atoms with Gasteiger partial charge in [-0.15, -0.1) is 0 Å². The number of anilines is 1. The van der Waals surface area contributed by atoms with Crippen LogP contribution in [0, 0.1) is 5.92 Å². The molecule has 122 valence electrons. The summed E-state index contributed by atoms with van der Waals surface area (Å²) < 4.78 is 5.21. The highest BCUT2D eigenvalue weighted by molar-refractivity contribution is 6.11. The van der Waals surface area contributed by atoms with E-state index >= 15 is 0 Å². The molecule has 2 aromatic rings. The fourth-order valence-corrected chi connectivity index (χ4v) is 3.66. The fourth-order valence-electron chi connectivity index (χ4n) is 3.66. The smallest absolute Gasteiger partial charge is 0.258 e. The van der Waals surface area contributed by atoms with Crippen molar-refractivity contribution in [3.8, 4) is 5.75 Å². The van der Waals surface area contributed by atoms with Gasteiger partial charge in [0.15, 0.2) is 5.54 Å². The SMILES string of the molecule is COc1ccc(N2C(=O)[C@]3(NN=CC3C)[C@H]2c2ccccc2)cc1. The van der Waals surface area contributed by atoms with Crippen molar-refractivity contribution in [1.82, 2.24) is 5.43 Å². The van der Waals surface area contributed by atoms with E-state index in [1.165, 1.54) is 0 Å². The maximum Gasteiger partial charge on any atom is 0.258 e. The van der Waals surface area contributed by atoms with Crippen molar-refractivity contribution in [2.45, 2.75) is 18.5 Å². The molecule has 2 heterocycles. The van der Waals surface area contributed by atoms with Gasteiger partial charge >= 0.3 is 0 Å². The minimum absolute atomic E-state index is 0.0321. The normalized spacial score (nSPS) is 27.9. The van der Waals surface area contributed by atoms with E-state index in [0.717, 1.165) is 17.0 Å². The lowest BCUT2D eigenvalue weighted by atomic mass is 9.68. The number of nitrogens with zero attached hydrogens (tertiary/aromatic N) is 2. The fraction of sp³-hybridized carbons (Fsp3) is 0.263. The summed E-state index contributed by atoms with van der Waals surface area (Å²) in [7, 11) is 1.63. The van der Waals surface area contributed by atoms with Crippen LogP contribution in [0.3, 0.4) is 0 Å². The molecular weight excluding hydrogens is 302 g/mol. The maximum absolute atomic E-state index is 13.1. The molecule has 0 bridgehead atoms. The van der Waals surface area contributed by atoms with Gasteiger partial charge < -0.3 is 4.74 Å². The zero-order chi connectivity index (χ0) is 16.7. The Hall–Kier alpha value is -2.82. The molecule has 0 aliphatic carbocycles. The van der Waals surface area contributed by atoms with Gasteiger partial charge in [0.1, 0.15) is 5.75 Å². The van der Waals surface area contributed by atoms with Gasteiger partial charge in [-0.05, 0) is 29.8 Å². The summed E-state index contributed by atoms with van der Waals surface area (Å²) in [5.74, 6) is 0.851. The molecule has 3 atom stereocenters. The number of carbonyl (C=O) groups is 1. The van der Waals surface area contributed by atoms with Crippen LogP contribution >= 0.6 is 0 Å². The number of ether oxygens (including phenoxy) is 1. The number of amides is 1. The second-order valence-electron chi connectivity index (χ2n) is 6.23. The van der Waals surface area contributed by atoms with Crippen molar-refractivity contribution in [3.05, 3.63) is 60.2 Å². The van der Waals surface area contributed by atoms with Gasteiger partial charge in [-0.3, -0.25) is 15.1 Å². The number of β-lactam (4-membered cyclic amide) rings is 1. The van der Waals surface area contributed by atoms with Gasteiger partial charge in [-0.2, -0.15) is 5.10 Å². The third kappa shape index (κ3) is 1.87. The van der Waals surface area contributed by atoms with Crippen LogP contribution in [-0.2, 0) is 4.79 Å². The van der Waals surface area contributed by atoms with Gasteiger partial charge in [-0.25, -0.2) is 0 Å². The molecule has 1 amide bonds. The number of rotatable bonds is 3. The molecule has 2 aliphatic rings. The second-order valence-corrected chi connectivity index (χ2v) is 6.23. The molecule has 5 nitrogen and oxygen atoms in total. The van der Waals surface area contributed by atoms with E-state index in [0.29, 0.717) is 0 Å². The Morgan fingerprint density at radius 2 is 1.83 bits per heavy atom. The topological polar surface area (TPSA) is 53.9 Å². The minimum atomic E-state index is -0.693. The third-order valence-corrected chi connectivity index (χ3v) is 4.99. The van der Waals surface area contributed by atoms with Crippen LogP contribution in [0.2, 0.25) is 0 Å². The molecule has 0 aromatic heterocycles. The molecule has 1 fully saturated rings. The lowest BCUT2D eigenvalue weighted by molar-refractivity contribution is -0.135. The Morgan fingerprint density at radius 1 is 1.12 bits per heavy atom. The van der Waals surface area contributed by atoms with Gasteiger partial charge in [-0.1, -0.05) is 37.3 Å². The van der Waals surface area contributed by atoms with Crippen LogP contribution in [0.15, 0.2) is 59.7 Å². The van der Waals surface area contributed by atoms with Crippen molar-refractivity contribution in [2.24, 2.45) is 11.0 Å². The first kappa shape index (κ1) is 14.8. The summed E-state index contributed by atoms with van der Waals surface area (Å²) in [6.45, 7) is 2.03. The van der Waals surface area contributed by atoms with E-state index in [1.807, 2.05) is 60.5 Å². The molecular formula is C19H19N3O2. The van der Waals surface area contributed by atoms with Crippen molar-refractivity contribution in [1.29, 1.82) is 0 Å². The highest BCUT2D eigenvalue weighted by Gasteiger charge is 2.66. The predicted molar refractivity (Wildman–Crippen MR) is 93.2 cm³/mol. The number of benzene rings is 2. The molecule has 0 saturated carbocycles. The first-order chi connectivity index (χ1) is 11.7. The zero-order valence-corrected chi connectivity index (χ0v) is 13.6. The summed E-state index contributed by atoms with van der Waals surface area (Å²) in [5.41, 5.74) is 4.36. The third-order valence-electron chi connectivity index (χ3n) is 4.99. The number of hydrazone groups is 1. The Labute approximate surface area is 140 Å². The van der Waals surface area contributed by atoms with E-state index < -0.39 is 5.54 Å². The van der Waals surface area contributed by atoms with E-state index in [2.05, 4.69) is 22.7 Å². The molecule has 1 N–H and O–H groups in total. The largest absolute Gasteiger partial charge is 0.497 e. The van der Waals surface area contributed by atoms with Gasteiger partial charge in [0.25, 0.3) is 5.91 Å². The molecule has 4 rings (SSSR count). The first-order valence-electron chi connectivity index (χ1n) is 8.01. The Balaban J connectivity index is 1.77. The van der Waals surface area contributed by atoms with Crippen LogP contribution in [-0.4, -0.2) is 24.8 Å². The molecule has 1 unspecified atom stereocenters. The maximum atomic E-state index is 13.1. The number of carbonyl (C=O) groups excluding carboxylic acids is 1. The Bertz CT molecular complexity index is 788. The average Bonchev–Trinajstić information content (AvgIpc) is 3.03. The van der Waals surface area contributed by atoms with Crippen molar-refractivity contribution in [3.63, 3.8) is 0 Å². The van der Waals surface area contributed by atoms with E-state index in [9.17, 15) is 4.79 Å². The number of hydrogen-bond donors (Lipinski definition) is 1. The predicted octanol–water partition coefficient (Wildman–Crippen LogP) is 2.75. The number of methoxy groups -OCH3 is 1. The molecule has 0 radical (unpaired) electrons. The standard InChI is InChI=1S/C19H19N3O2/c1-13-12-20-21-19(13)17(14-6-4-3-5-7-14)22(18(19)23)15-8-10-16(24-2)11-9-15/h3-13,17,21H,1-2H3/t13?,17-,19-/m1/s1. The number of nitrogens with one attached hydrogen (secondary N) is 1. The van der Waals surface area contributed by atoms with Crippen LogP contribution in [0.1, 0.15) is 18.5 Å². The van der Waals surface area contributed by atoms with Crippen LogP contribution in [0.25, 0.3) is 0 Å². The van der Waals surface area contributed by atoms with E-state index in [4.69, 9.17) is 4.74 Å². The summed E-state index contributed by atoms with van der Waals surface area (Å²) in [6.07, 6.45) is 1.82. The molecule has 1 saturated heterocycles. The zero-order valence-electron chi connectivity index (χ0n) is 13.6. The average molecular weight is 321 g/mol. The monoisotopic (exact) mass is 321 g/mol. The quantitative estimate of drug-likeness (QED) is 0.885. The minimum Gasteiger partial charge on any atom is -0.497 e. The Kier molecular flexibility index (Phi) is 3.30. The second kappa shape index (κ2) is 5.37.